The Kier molecular flexibility index (Phi) is 3.44. The highest BCUT2D eigenvalue weighted by molar-refractivity contribution is 5.46. The fourth-order valence-electron chi connectivity index (χ4n) is 1.64. The minimum Gasteiger partial charge on any atom is -0.207 e. The largest absolute Gasteiger partial charge is 0.207 e. The van der Waals surface area contributed by atoms with E-state index in [4.69, 9.17) is 0 Å². The third-order valence-electron chi connectivity index (χ3n) is 2.84. The van der Waals surface area contributed by atoms with Crippen LogP contribution in [-0.4, -0.2) is 0 Å². The lowest BCUT2D eigenvalue weighted by Crippen LogP contribution is -1.92. The topological polar surface area (TPSA) is 0 Å². The van der Waals surface area contributed by atoms with Crippen molar-refractivity contribution in [3.63, 3.8) is 0 Å². The molecule has 0 nitrogen and oxygen atoms in total. The molecule has 1 aromatic rings. The number of halogens is 1. The van der Waals surface area contributed by atoms with Crippen molar-refractivity contribution in [1.29, 1.82) is 0 Å². The van der Waals surface area contributed by atoms with Gasteiger partial charge in [0.25, 0.3) is 0 Å². The van der Waals surface area contributed by atoms with Crippen LogP contribution in [0.2, 0.25) is 0 Å². The highest BCUT2D eigenvalue weighted by Crippen LogP contribution is 2.15. The van der Waals surface area contributed by atoms with Gasteiger partial charge in [0.2, 0.25) is 0 Å². The van der Waals surface area contributed by atoms with E-state index in [0.29, 0.717) is 11.5 Å². The molecule has 0 bridgehead atoms. The number of aryl methyl sites for hydroxylation is 1. The predicted octanol–water partition coefficient (Wildman–Crippen LogP) is 4.01. The summed E-state index contributed by atoms with van der Waals surface area (Å²) in [5, 5.41) is 0. The normalized spacial score (nSPS) is 18.3. The molecule has 0 amide bonds. The molecule has 0 heterocycles. The Morgan fingerprint density at radius 1 is 1.29 bits per heavy atom. The first kappa shape index (κ1) is 11.7. The molecule has 0 aromatic heterocycles. The third-order valence-corrected chi connectivity index (χ3v) is 2.84. The Morgan fingerprint density at radius 3 is 2.76 bits per heavy atom. The van der Waals surface area contributed by atoms with Gasteiger partial charge in [-0.05, 0) is 37.0 Å². The van der Waals surface area contributed by atoms with Gasteiger partial charge in [-0.2, -0.15) is 0 Å². The molecule has 0 radical (unpaired) electrons. The Bertz CT molecular complexity index is 538. The van der Waals surface area contributed by atoms with Crippen LogP contribution in [0.5, 0.6) is 0 Å². The number of rotatable bonds is 0. The standard InChI is InChI=1S/C16H15F/c1-12-3-6-14(7-4-12)9-10-15-8-5-13(2)16(17)11-15/h3,5-8,11-12H,4H2,1-2H3. The second-order valence-electron chi connectivity index (χ2n) is 4.45. The van der Waals surface area contributed by atoms with Crippen molar-refractivity contribution in [1.82, 2.24) is 0 Å². The van der Waals surface area contributed by atoms with Gasteiger partial charge in [0.1, 0.15) is 5.82 Å². The molecule has 1 unspecified atom stereocenters. The van der Waals surface area contributed by atoms with Crippen LogP contribution in [0, 0.1) is 30.5 Å². The van der Waals surface area contributed by atoms with Crippen LogP contribution in [0.15, 0.2) is 42.0 Å². The highest BCUT2D eigenvalue weighted by atomic mass is 19.1. The lowest BCUT2D eigenvalue weighted by molar-refractivity contribution is 0.618. The Labute approximate surface area is 102 Å². The van der Waals surface area contributed by atoms with Crippen LogP contribution in [-0.2, 0) is 0 Å². The molecule has 2 rings (SSSR count). The summed E-state index contributed by atoms with van der Waals surface area (Å²) in [7, 11) is 0. The van der Waals surface area contributed by atoms with E-state index >= 15 is 0 Å². The maximum atomic E-state index is 13.3. The lowest BCUT2D eigenvalue weighted by atomic mass is 9.99. The molecule has 0 N–H and O–H groups in total. The monoisotopic (exact) mass is 226 g/mol. The van der Waals surface area contributed by atoms with Crippen molar-refractivity contribution in [3.05, 3.63) is 58.9 Å². The fraction of sp³-hybridized carbons (Fsp3) is 0.250. The molecule has 1 aliphatic carbocycles. The number of allylic oxidation sites excluding steroid dienone is 4. The van der Waals surface area contributed by atoms with E-state index < -0.39 is 0 Å². The molecule has 0 spiro atoms. The van der Waals surface area contributed by atoms with Crippen LogP contribution in [0.1, 0.15) is 24.5 Å². The first-order valence-corrected chi connectivity index (χ1v) is 5.81. The van der Waals surface area contributed by atoms with E-state index in [1.165, 1.54) is 6.07 Å². The molecule has 86 valence electrons. The average molecular weight is 226 g/mol. The van der Waals surface area contributed by atoms with Gasteiger partial charge in [0.15, 0.2) is 0 Å². The zero-order valence-electron chi connectivity index (χ0n) is 10.1. The molecule has 1 atom stereocenters. The van der Waals surface area contributed by atoms with E-state index in [9.17, 15) is 4.39 Å². The third kappa shape index (κ3) is 3.07. The second-order valence-corrected chi connectivity index (χ2v) is 4.45. The van der Waals surface area contributed by atoms with E-state index in [0.717, 1.165) is 17.6 Å². The van der Waals surface area contributed by atoms with E-state index in [2.05, 4.69) is 30.9 Å². The van der Waals surface area contributed by atoms with Crippen LogP contribution in [0.4, 0.5) is 4.39 Å². The first-order chi connectivity index (χ1) is 8.15. The summed E-state index contributed by atoms with van der Waals surface area (Å²) in [6, 6.07) is 5.09. The summed E-state index contributed by atoms with van der Waals surface area (Å²) in [5.74, 6) is 6.45. The first-order valence-electron chi connectivity index (χ1n) is 5.81. The Hall–Kier alpha value is -1.81. The molecule has 1 heteroatoms. The minimum absolute atomic E-state index is 0.196. The Morgan fingerprint density at radius 2 is 2.12 bits per heavy atom. The van der Waals surface area contributed by atoms with E-state index in [1.807, 2.05) is 12.1 Å². The van der Waals surface area contributed by atoms with Crippen LogP contribution < -0.4 is 0 Å². The van der Waals surface area contributed by atoms with Crippen LogP contribution in [0.25, 0.3) is 0 Å². The predicted molar refractivity (Wildman–Crippen MR) is 69.0 cm³/mol. The molecular formula is C16H15F. The molecule has 0 saturated carbocycles. The van der Waals surface area contributed by atoms with Crippen LogP contribution >= 0.6 is 0 Å². The van der Waals surface area contributed by atoms with Crippen molar-refractivity contribution in [2.45, 2.75) is 20.3 Å². The van der Waals surface area contributed by atoms with E-state index in [1.54, 1.807) is 13.0 Å². The van der Waals surface area contributed by atoms with Gasteiger partial charge in [0, 0.05) is 11.1 Å². The molecule has 17 heavy (non-hydrogen) atoms. The summed E-state index contributed by atoms with van der Waals surface area (Å²) >= 11 is 0. The molecule has 1 aromatic carbocycles. The van der Waals surface area contributed by atoms with Crippen molar-refractivity contribution in [2.75, 3.05) is 0 Å². The van der Waals surface area contributed by atoms with Gasteiger partial charge < -0.3 is 0 Å². The van der Waals surface area contributed by atoms with Crippen molar-refractivity contribution >= 4 is 0 Å². The van der Waals surface area contributed by atoms with Crippen molar-refractivity contribution in [3.8, 4) is 11.8 Å². The second kappa shape index (κ2) is 5.01. The van der Waals surface area contributed by atoms with Gasteiger partial charge in [-0.25, -0.2) is 4.39 Å². The van der Waals surface area contributed by atoms with Gasteiger partial charge >= 0.3 is 0 Å². The van der Waals surface area contributed by atoms with Gasteiger partial charge in [0.05, 0.1) is 0 Å². The molecule has 0 fully saturated rings. The summed E-state index contributed by atoms with van der Waals surface area (Å²) in [4.78, 5) is 0. The van der Waals surface area contributed by atoms with Crippen molar-refractivity contribution in [2.24, 2.45) is 5.92 Å². The Balaban J connectivity index is 2.17. The molecule has 1 aliphatic rings. The average Bonchev–Trinajstić information content (AvgIpc) is 2.33. The maximum absolute atomic E-state index is 13.3. The minimum atomic E-state index is -0.196. The summed E-state index contributed by atoms with van der Waals surface area (Å²) in [6.45, 7) is 3.92. The van der Waals surface area contributed by atoms with E-state index in [-0.39, 0.29) is 5.82 Å². The molecule has 0 saturated heterocycles. The van der Waals surface area contributed by atoms with Crippen molar-refractivity contribution < 1.29 is 4.39 Å². The molecular weight excluding hydrogens is 211 g/mol. The summed E-state index contributed by atoms with van der Waals surface area (Å²) < 4.78 is 13.3. The van der Waals surface area contributed by atoms with Crippen LogP contribution in [0.3, 0.4) is 0 Å². The van der Waals surface area contributed by atoms with Gasteiger partial charge in [-0.1, -0.05) is 43.1 Å². The number of hydrogen-bond acceptors (Lipinski definition) is 0. The maximum Gasteiger partial charge on any atom is 0.127 e. The zero-order valence-corrected chi connectivity index (χ0v) is 10.1. The summed E-state index contributed by atoms with van der Waals surface area (Å²) in [6.07, 6.45) is 7.34. The number of hydrogen-bond donors (Lipinski definition) is 0. The zero-order chi connectivity index (χ0) is 12.3. The lowest BCUT2D eigenvalue weighted by Gasteiger charge is -2.06. The van der Waals surface area contributed by atoms with Gasteiger partial charge in [-0.3, -0.25) is 0 Å². The smallest absolute Gasteiger partial charge is 0.127 e. The SMILES string of the molecule is Cc1ccc(C#CC2=CCC(C)C=C2)cc1F. The van der Waals surface area contributed by atoms with Gasteiger partial charge in [-0.15, -0.1) is 0 Å². The number of benzene rings is 1. The quantitative estimate of drug-likeness (QED) is 0.586. The fourth-order valence-corrected chi connectivity index (χ4v) is 1.64. The summed E-state index contributed by atoms with van der Waals surface area (Å²) in [5.41, 5.74) is 2.39. The highest BCUT2D eigenvalue weighted by Gasteiger charge is 2.01. The molecule has 0 aliphatic heterocycles.